The van der Waals surface area contributed by atoms with Crippen molar-refractivity contribution in [1.82, 2.24) is 4.90 Å². The lowest BCUT2D eigenvalue weighted by Crippen LogP contribution is -2.19. The van der Waals surface area contributed by atoms with E-state index in [1.165, 1.54) is 106 Å². The van der Waals surface area contributed by atoms with Gasteiger partial charge in [-0.05, 0) is 91.8 Å². The summed E-state index contributed by atoms with van der Waals surface area (Å²) >= 11 is 0. The maximum atomic E-state index is 2.48. The van der Waals surface area contributed by atoms with Crippen LogP contribution < -0.4 is 0 Å². The van der Waals surface area contributed by atoms with Crippen LogP contribution in [0.1, 0.15) is 104 Å². The number of hydrogen-bond donors (Lipinski definition) is 0. The molecule has 0 unspecified atom stereocenters. The first-order chi connectivity index (χ1) is 15.5. The van der Waals surface area contributed by atoms with Gasteiger partial charge in [0.1, 0.15) is 0 Å². The molecule has 0 heterocycles. The molecule has 0 aliphatic heterocycles. The van der Waals surface area contributed by atoms with Crippen LogP contribution >= 0.6 is 0 Å². The number of hydrogen-bond acceptors (Lipinski definition) is 1. The van der Waals surface area contributed by atoms with Crippen LogP contribution in [0.3, 0.4) is 0 Å². The molecule has 0 aliphatic rings. The molecular formula is C31H51N. The van der Waals surface area contributed by atoms with Crippen LogP contribution in [0.15, 0.2) is 65.3 Å². The third-order valence-electron chi connectivity index (χ3n) is 6.22. The van der Waals surface area contributed by atoms with Crippen LogP contribution in [0, 0.1) is 0 Å². The molecule has 1 nitrogen and oxygen atoms in total. The van der Waals surface area contributed by atoms with Gasteiger partial charge in [-0.25, -0.2) is 0 Å². The maximum Gasteiger partial charge on any atom is 0.0162 e. The van der Waals surface area contributed by atoms with Crippen molar-refractivity contribution >= 4 is 0 Å². The smallest absolute Gasteiger partial charge is 0.0162 e. The van der Waals surface area contributed by atoms with Crippen LogP contribution in [0.2, 0.25) is 0 Å². The molecule has 0 saturated carbocycles. The molecule has 1 rings (SSSR count). The summed E-state index contributed by atoms with van der Waals surface area (Å²) in [6, 6.07) is 10.9. The Morgan fingerprint density at radius 2 is 1.25 bits per heavy atom. The van der Waals surface area contributed by atoms with Gasteiger partial charge in [-0.15, -0.1) is 0 Å². The summed E-state index contributed by atoms with van der Waals surface area (Å²) in [4.78, 5) is 2.48. The van der Waals surface area contributed by atoms with E-state index >= 15 is 0 Å². The predicted octanol–water partition coefficient (Wildman–Crippen LogP) is 9.31. The van der Waals surface area contributed by atoms with Crippen molar-refractivity contribution in [3.05, 3.63) is 70.8 Å². The SMILES string of the molecule is CC(C)=CCC/C(C)=C/CC/C(C)=C/CN(C)CCCCCCCCCc1ccccc1. The monoisotopic (exact) mass is 437 g/mol. The Morgan fingerprint density at radius 3 is 1.91 bits per heavy atom. The molecule has 1 aromatic carbocycles. The van der Waals surface area contributed by atoms with Gasteiger partial charge >= 0.3 is 0 Å². The van der Waals surface area contributed by atoms with Crippen molar-refractivity contribution in [3.8, 4) is 0 Å². The fourth-order valence-corrected chi connectivity index (χ4v) is 3.98. The van der Waals surface area contributed by atoms with Crippen LogP contribution in [-0.2, 0) is 6.42 Å². The molecule has 0 bridgehead atoms. The van der Waals surface area contributed by atoms with E-state index in [-0.39, 0.29) is 0 Å². The Kier molecular flexibility index (Phi) is 16.8. The van der Waals surface area contributed by atoms with Gasteiger partial charge in [-0.1, -0.05) is 97.4 Å². The average molecular weight is 438 g/mol. The standard InChI is InChI=1S/C31H51N/c1-28(2)18-16-19-29(3)20-17-21-30(4)25-27-32(5)26-15-10-8-6-7-9-12-22-31-23-13-11-14-24-31/h11,13-14,18,20,23-25H,6-10,12,15-17,19,21-22,26-27H2,1-5H3/b29-20+,30-25+. The highest BCUT2D eigenvalue weighted by Gasteiger charge is 1.98. The van der Waals surface area contributed by atoms with Gasteiger partial charge < -0.3 is 4.90 Å². The maximum absolute atomic E-state index is 2.48. The number of unbranched alkanes of at least 4 members (excludes halogenated alkanes) is 6. The number of allylic oxidation sites excluding steroid dienone is 5. The van der Waals surface area contributed by atoms with Crippen molar-refractivity contribution in [3.63, 3.8) is 0 Å². The van der Waals surface area contributed by atoms with Crippen molar-refractivity contribution in [2.45, 2.75) is 105 Å². The zero-order valence-corrected chi connectivity index (χ0v) is 22.0. The first-order valence-electron chi connectivity index (χ1n) is 13.1. The van der Waals surface area contributed by atoms with E-state index in [1.54, 1.807) is 0 Å². The first kappa shape index (κ1) is 28.4. The number of rotatable bonds is 18. The van der Waals surface area contributed by atoms with E-state index in [0.29, 0.717) is 0 Å². The molecular weight excluding hydrogens is 386 g/mol. The largest absolute Gasteiger partial charge is 0.303 e. The van der Waals surface area contributed by atoms with Crippen LogP contribution in [0.4, 0.5) is 0 Å². The van der Waals surface area contributed by atoms with E-state index in [4.69, 9.17) is 0 Å². The highest BCUT2D eigenvalue weighted by atomic mass is 15.1. The second-order valence-electron chi connectivity index (χ2n) is 9.93. The van der Waals surface area contributed by atoms with Gasteiger partial charge in [0.25, 0.3) is 0 Å². The summed E-state index contributed by atoms with van der Waals surface area (Å²) in [6.07, 6.45) is 22.8. The molecule has 0 radical (unpaired) electrons. The summed E-state index contributed by atoms with van der Waals surface area (Å²) < 4.78 is 0. The molecule has 1 aromatic rings. The van der Waals surface area contributed by atoms with E-state index < -0.39 is 0 Å². The lowest BCUT2D eigenvalue weighted by atomic mass is 10.0. The Labute approximate surface area is 200 Å². The van der Waals surface area contributed by atoms with Gasteiger partial charge in [-0.2, -0.15) is 0 Å². The average Bonchev–Trinajstić information content (AvgIpc) is 2.77. The molecule has 0 amide bonds. The summed E-state index contributed by atoms with van der Waals surface area (Å²) in [6.45, 7) is 11.2. The molecule has 0 atom stereocenters. The van der Waals surface area contributed by atoms with E-state index in [2.05, 4.69) is 88.2 Å². The lowest BCUT2D eigenvalue weighted by Gasteiger charge is -2.14. The molecule has 1 heteroatoms. The van der Waals surface area contributed by atoms with Crippen molar-refractivity contribution in [2.75, 3.05) is 20.1 Å². The third kappa shape index (κ3) is 17.0. The fraction of sp³-hybridized carbons (Fsp3) is 0.613. The number of nitrogens with zero attached hydrogens (tertiary/aromatic N) is 1. The molecule has 32 heavy (non-hydrogen) atoms. The van der Waals surface area contributed by atoms with Crippen LogP contribution in [0.5, 0.6) is 0 Å². The van der Waals surface area contributed by atoms with Gasteiger partial charge in [0.15, 0.2) is 0 Å². The topological polar surface area (TPSA) is 3.24 Å². The van der Waals surface area contributed by atoms with E-state index in [1.807, 2.05) is 0 Å². The fourth-order valence-electron chi connectivity index (χ4n) is 3.98. The van der Waals surface area contributed by atoms with Crippen molar-refractivity contribution < 1.29 is 0 Å². The predicted molar refractivity (Wildman–Crippen MR) is 145 cm³/mol. The van der Waals surface area contributed by atoms with Gasteiger partial charge in [-0.3, -0.25) is 0 Å². The summed E-state index contributed by atoms with van der Waals surface area (Å²) in [5, 5.41) is 0. The molecule has 0 aliphatic carbocycles. The van der Waals surface area contributed by atoms with E-state index in [0.717, 1.165) is 6.54 Å². The Bertz CT molecular complexity index is 661. The van der Waals surface area contributed by atoms with E-state index in [9.17, 15) is 0 Å². The van der Waals surface area contributed by atoms with Crippen LogP contribution in [0.25, 0.3) is 0 Å². The molecule has 180 valence electrons. The van der Waals surface area contributed by atoms with Gasteiger partial charge in [0, 0.05) is 6.54 Å². The highest BCUT2D eigenvalue weighted by Crippen LogP contribution is 2.13. The number of benzene rings is 1. The van der Waals surface area contributed by atoms with Crippen molar-refractivity contribution in [2.24, 2.45) is 0 Å². The quantitative estimate of drug-likeness (QED) is 0.163. The molecule has 0 aromatic heterocycles. The zero-order chi connectivity index (χ0) is 23.4. The normalized spacial score (nSPS) is 12.4. The number of likely N-dealkylation sites (N-methyl/N-ethyl adjacent to an activating group) is 1. The Morgan fingerprint density at radius 1 is 0.688 bits per heavy atom. The summed E-state index contributed by atoms with van der Waals surface area (Å²) in [5.41, 5.74) is 5.97. The molecule has 0 saturated heterocycles. The van der Waals surface area contributed by atoms with Gasteiger partial charge in [0.2, 0.25) is 0 Å². The highest BCUT2D eigenvalue weighted by molar-refractivity contribution is 5.14. The molecule has 0 fully saturated rings. The number of aryl methyl sites for hydroxylation is 1. The summed E-state index contributed by atoms with van der Waals surface area (Å²) in [7, 11) is 2.26. The second kappa shape index (κ2) is 18.9. The van der Waals surface area contributed by atoms with Gasteiger partial charge in [0.05, 0.1) is 0 Å². The second-order valence-corrected chi connectivity index (χ2v) is 9.93. The Hall–Kier alpha value is -1.60. The Balaban J connectivity index is 1.98. The minimum atomic E-state index is 1.09. The minimum Gasteiger partial charge on any atom is -0.303 e. The van der Waals surface area contributed by atoms with Crippen LogP contribution in [-0.4, -0.2) is 25.0 Å². The van der Waals surface area contributed by atoms with Crippen molar-refractivity contribution in [1.29, 1.82) is 0 Å². The molecule has 0 spiro atoms. The first-order valence-corrected chi connectivity index (χ1v) is 13.1. The lowest BCUT2D eigenvalue weighted by molar-refractivity contribution is 0.355. The third-order valence-corrected chi connectivity index (χ3v) is 6.22. The summed E-state index contributed by atoms with van der Waals surface area (Å²) in [5.74, 6) is 0. The molecule has 0 N–H and O–H groups in total. The minimum absolute atomic E-state index is 1.09. The zero-order valence-electron chi connectivity index (χ0n) is 22.0.